The number of hydrogen-bond donors (Lipinski definition) is 0. The summed E-state index contributed by atoms with van der Waals surface area (Å²) in [6, 6.07) is 12.4. The summed E-state index contributed by atoms with van der Waals surface area (Å²) < 4.78 is 16.3. The Morgan fingerprint density at radius 3 is 1.96 bits per heavy atom. The fourth-order valence-electron chi connectivity index (χ4n) is 2.85. The molecule has 2 aromatic rings. The van der Waals surface area contributed by atoms with Crippen LogP contribution in [0, 0.1) is 6.92 Å². The van der Waals surface area contributed by atoms with Gasteiger partial charge in [-0.2, -0.15) is 0 Å². The maximum atomic E-state index is 5.50. The summed E-state index contributed by atoms with van der Waals surface area (Å²) >= 11 is 0. The second-order valence-electron chi connectivity index (χ2n) is 5.65. The summed E-state index contributed by atoms with van der Waals surface area (Å²) in [7, 11) is 5.15. The fourth-order valence-corrected chi connectivity index (χ4v) is 2.85. The van der Waals surface area contributed by atoms with Crippen molar-refractivity contribution >= 4 is 0 Å². The Morgan fingerprint density at radius 1 is 0.696 bits per heavy atom. The number of para-hydroxylation sites is 1. The van der Waals surface area contributed by atoms with Crippen molar-refractivity contribution in [2.45, 2.75) is 32.6 Å². The Hall–Kier alpha value is -2.16. The topological polar surface area (TPSA) is 27.7 Å². The summed E-state index contributed by atoms with van der Waals surface area (Å²) in [5.41, 5.74) is 3.57. The van der Waals surface area contributed by atoms with E-state index >= 15 is 0 Å². The molecule has 0 saturated heterocycles. The molecule has 0 bridgehead atoms. The molecular formula is C20H26O3. The minimum Gasteiger partial charge on any atom is -0.496 e. The van der Waals surface area contributed by atoms with E-state index in [1.54, 1.807) is 21.3 Å². The molecule has 2 rings (SSSR count). The molecule has 2 aromatic carbocycles. The fraction of sp³-hybridized carbons (Fsp3) is 0.400. The van der Waals surface area contributed by atoms with E-state index in [2.05, 4.69) is 18.2 Å². The largest absolute Gasteiger partial charge is 0.496 e. The third-order valence-corrected chi connectivity index (χ3v) is 4.13. The Labute approximate surface area is 139 Å². The minimum atomic E-state index is 0.922. The molecule has 0 radical (unpaired) electrons. The molecule has 0 fully saturated rings. The van der Waals surface area contributed by atoms with E-state index in [1.165, 1.54) is 11.1 Å². The Balaban J connectivity index is 1.96. The second-order valence-corrected chi connectivity index (χ2v) is 5.65. The van der Waals surface area contributed by atoms with Gasteiger partial charge in [-0.05, 0) is 67.5 Å². The van der Waals surface area contributed by atoms with Crippen LogP contribution in [0.25, 0.3) is 0 Å². The third kappa shape index (κ3) is 4.41. The smallest absolute Gasteiger partial charge is 0.122 e. The molecular weight excluding hydrogens is 288 g/mol. The van der Waals surface area contributed by atoms with Gasteiger partial charge in [-0.3, -0.25) is 0 Å². The first-order chi connectivity index (χ1) is 11.2. The van der Waals surface area contributed by atoms with Crippen molar-refractivity contribution in [3.8, 4) is 17.2 Å². The van der Waals surface area contributed by atoms with Crippen LogP contribution in [0.15, 0.2) is 36.4 Å². The number of unbranched alkanes of at least 4 members (excludes halogenated alkanes) is 1. The van der Waals surface area contributed by atoms with Crippen LogP contribution in [0.2, 0.25) is 0 Å². The van der Waals surface area contributed by atoms with Crippen molar-refractivity contribution in [3.63, 3.8) is 0 Å². The monoisotopic (exact) mass is 314 g/mol. The van der Waals surface area contributed by atoms with Crippen LogP contribution in [0.1, 0.15) is 29.5 Å². The van der Waals surface area contributed by atoms with Gasteiger partial charge in [-0.1, -0.05) is 18.2 Å². The Bertz CT molecular complexity index is 635. The second kappa shape index (κ2) is 8.47. The van der Waals surface area contributed by atoms with Gasteiger partial charge in [0.05, 0.1) is 21.3 Å². The van der Waals surface area contributed by atoms with Gasteiger partial charge in [-0.15, -0.1) is 0 Å². The lowest BCUT2D eigenvalue weighted by Crippen LogP contribution is -1.97. The van der Waals surface area contributed by atoms with Gasteiger partial charge >= 0.3 is 0 Å². The van der Waals surface area contributed by atoms with Crippen LogP contribution < -0.4 is 14.2 Å². The van der Waals surface area contributed by atoms with E-state index in [0.29, 0.717) is 0 Å². The molecule has 0 saturated carbocycles. The summed E-state index contributed by atoms with van der Waals surface area (Å²) in [4.78, 5) is 0. The average Bonchev–Trinajstić information content (AvgIpc) is 2.59. The van der Waals surface area contributed by atoms with Crippen molar-refractivity contribution < 1.29 is 14.2 Å². The molecule has 23 heavy (non-hydrogen) atoms. The summed E-state index contributed by atoms with van der Waals surface area (Å²) in [5.74, 6) is 2.84. The maximum Gasteiger partial charge on any atom is 0.122 e. The summed E-state index contributed by atoms with van der Waals surface area (Å²) in [6.45, 7) is 2.03. The predicted octanol–water partition coefficient (Wildman–Crippen LogP) is 4.59. The van der Waals surface area contributed by atoms with E-state index in [1.807, 2.05) is 25.1 Å². The molecule has 0 spiro atoms. The van der Waals surface area contributed by atoms with E-state index in [9.17, 15) is 0 Å². The molecule has 0 atom stereocenters. The zero-order valence-corrected chi connectivity index (χ0v) is 14.5. The van der Waals surface area contributed by atoms with Gasteiger partial charge in [-0.25, -0.2) is 0 Å². The van der Waals surface area contributed by atoms with E-state index < -0.39 is 0 Å². The number of hydrogen-bond acceptors (Lipinski definition) is 3. The van der Waals surface area contributed by atoms with E-state index in [-0.39, 0.29) is 0 Å². The molecule has 3 heteroatoms. The highest BCUT2D eigenvalue weighted by Gasteiger charge is 2.09. The van der Waals surface area contributed by atoms with Crippen molar-refractivity contribution in [1.29, 1.82) is 0 Å². The zero-order chi connectivity index (χ0) is 16.7. The number of rotatable bonds is 8. The van der Waals surface area contributed by atoms with Gasteiger partial charge in [0.2, 0.25) is 0 Å². The number of ether oxygens (including phenoxy) is 3. The maximum absolute atomic E-state index is 5.50. The Kier molecular flexibility index (Phi) is 6.33. The highest BCUT2D eigenvalue weighted by Crippen LogP contribution is 2.29. The van der Waals surface area contributed by atoms with Crippen molar-refractivity contribution in [3.05, 3.63) is 53.1 Å². The molecule has 0 heterocycles. The Morgan fingerprint density at radius 2 is 1.30 bits per heavy atom. The summed E-state index contributed by atoms with van der Waals surface area (Å²) in [5, 5.41) is 0. The van der Waals surface area contributed by atoms with Gasteiger partial charge in [0.1, 0.15) is 17.2 Å². The van der Waals surface area contributed by atoms with Crippen LogP contribution in [0.5, 0.6) is 17.2 Å². The summed E-state index contributed by atoms with van der Waals surface area (Å²) in [6.07, 6.45) is 4.21. The lowest BCUT2D eigenvalue weighted by molar-refractivity contribution is 0.395. The first kappa shape index (κ1) is 17.2. The standard InChI is InChI=1S/C20H26O3/c1-15-13-20(23-4)17(14-19(15)22-3)11-6-5-9-16-10-7-8-12-18(16)21-2/h7-8,10,12-14H,5-6,9,11H2,1-4H3. The van der Waals surface area contributed by atoms with Crippen molar-refractivity contribution in [1.82, 2.24) is 0 Å². The molecule has 3 nitrogen and oxygen atoms in total. The van der Waals surface area contributed by atoms with Gasteiger partial charge in [0.25, 0.3) is 0 Å². The highest BCUT2D eigenvalue weighted by molar-refractivity contribution is 5.46. The molecule has 0 aliphatic rings. The molecule has 0 N–H and O–H groups in total. The SMILES string of the molecule is COc1cc(CCCCc2ccccc2OC)c(OC)cc1C. The average molecular weight is 314 g/mol. The minimum absolute atomic E-state index is 0.922. The van der Waals surface area contributed by atoms with E-state index in [4.69, 9.17) is 14.2 Å². The van der Waals surface area contributed by atoms with Crippen molar-refractivity contribution in [2.24, 2.45) is 0 Å². The normalized spacial score (nSPS) is 10.4. The predicted molar refractivity (Wildman–Crippen MR) is 93.9 cm³/mol. The molecule has 124 valence electrons. The molecule has 0 aromatic heterocycles. The van der Waals surface area contributed by atoms with Gasteiger partial charge in [0, 0.05) is 0 Å². The van der Waals surface area contributed by atoms with Gasteiger partial charge < -0.3 is 14.2 Å². The lowest BCUT2D eigenvalue weighted by Gasteiger charge is -2.13. The van der Waals surface area contributed by atoms with Gasteiger partial charge in [0.15, 0.2) is 0 Å². The number of methoxy groups -OCH3 is 3. The number of benzene rings is 2. The first-order valence-electron chi connectivity index (χ1n) is 8.03. The first-order valence-corrected chi connectivity index (χ1v) is 8.03. The molecule has 0 amide bonds. The van der Waals surface area contributed by atoms with Crippen LogP contribution in [-0.2, 0) is 12.8 Å². The molecule has 0 aliphatic heterocycles. The van der Waals surface area contributed by atoms with Crippen LogP contribution in [0.3, 0.4) is 0 Å². The zero-order valence-electron chi connectivity index (χ0n) is 14.5. The molecule has 0 unspecified atom stereocenters. The van der Waals surface area contributed by atoms with Crippen LogP contribution in [-0.4, -0.2) is 21.3 Å². The third-order valence-electron chi connectivity index (χ3n) is 4.13. The van der Waals surface area contributed by atoms with Crippen LogP contribution >= 0.6 is 0 Å². The van der Waals surface area contributed by atoms with E-state index in [0.717, 1.165) is 48.5 Å². The lowest BCUT2D eigenvalue weighted by atomic mass is 10.0. The number of aryl methyl sites for hydroxylation is 3. The van der Waals surface area contributed by atoms with Crippen molar-refractivity contribution in [2.75, 3.05) is 21.3 Å². The molecule has 0 aliphatic carbocycles. The quantitative estimate of drug-likeness (QED) is 0.667. The van der Waals surface area contributed by atoms with Crippen LogP contribution in [0.4, 0.5) is 0 Å². The highest BCUT2D eigenvalue weighted by atomic mass is 16.5.